The molecule has 2 aromatic rings. The summed E-state index contributed by atoms with van der Waals surface area (Å²) in [5.41, 5.74) is 0.611. The molecule has 15 heteroatoms. The van der Waals surface area contributed by atoms with Gasteiger partial charge in [0, 0.05) is 50.0 Å². The van der Waals surface area contributed by atoms with Crippen molar-refractivity contribution >= 4 is 47.8 Å². The second kappa shape index (κ2) is 13.3. The number of ether oxygens (including phenoxy) is 2. The van der Waals surface area contributed by atoms with Crippen LogP contribution in [-0.4, -0.2) is 114 Å². The average molecular weight is 600 g/mol. The Morgan fingerprint density at radius 1 is 1.15 bits per heavy atom. The molecule has 2 aliphatic rings. The zero-order chi connectivity index (χ0) is 27.9. The van der Waals surface area contributed by atoms with E-state index in [1.54, 1.807) is 23.3 Å². The van der Waals surface area contributed by atoms with Crippen LogP contribution in [0.15, 0.2) is 40.5 Å². The van der Waals surface area contributed by atoms with Gasteiger partial charge < -0.3 is 9.47 Å². The van der Waals surface area contributed by atoms with Gasteiger partial charge in [0.05, 0.1) is 48.5 Å². The van der Waals surface area contributed by atoms with Crippen molar-refractivity contribution in [3.05, 3.63) is 40.9 Å². The molecule has 2 aliphatic heterocycles. The highest BCUT2D eigenvalue weighted by molar-refractivity contribution is 7.91. The van der Waals surface area contributed by atoms with E-state index in [1.807, 2.05) is 0 Å². The summed E-state index contributed by atoms with van der Waals surface area (Å²) < 4.78 is 58.9. The molecule has 4 rings (SSSR count). The highest BCUT2D eigenvalue weighted by Gasteiger charge is 2.23. The normalized spacial score (nSPS) is 18.7. The lowest BCUT2D eigenvalue weighted by Gasteiger charge is -2.25. The van der Waals surface area contributed by atoms with Gasteiger partial charge in [-0.15, -0.1) is 11.3 Å². The fraction of sp³-hybridized carbons (Fsp3) is 0.542. The van der Waals surface area contributed by atoms with Crippen LogP contribution in [0.2, 0.25) is 0 Å². The van der Waals surface area contributed by atoms with Crippen molar-refractivity contribution in [1.82, 2.24) is 14.9 Å². The van der Waals surface area contributed by atoms with E-state index >= 15 is 0 Å². The number of aromatic nitrogens is 1. The third-order valence-corrected chi connectivity index (χ3v) is 10.6. The van der Waals surface area contributed by atoms with E-state index in [1.165, 1.54) is 30.6 Å². The van der Waals surface area contributed by atoms with E-state index in [4.69, 9.17) is 9.47 Å². The van der Waals surface area contributed by atoms with Crippen LogP contribution in [0.3, 0.4) is 0 Å². The number of hydrogen-bond acceptors (Lipinski definition) is 12. The van der Waals surface area contributed by atoms with Gasteiger partial charge in [0.2, 0.25) is 0 Å². The van der Waals surface area contributed by atoms with Crippen LogP contribution in [0.25, 0.3) is 0 Å². The first-order valence-electron chi connectivity index (χ1n) is 12.6. The number of nitrogens with zero attached hydrogens (tertiary/aromatic N) is 4. The van der Waals surface area contributed by atoms with E-state index in [0.717, 1.165) is 4.88 Å². The molecule has 0 saturated carbocycles. The van der Waals surface area contributed by atoms with Crippen LogP contribution in [0.4, 0.5) is 5.13 Å². The SMILES string of the molecule is COCCCS(=O)(=O)c1ccc(/C(=N\N2CCOCC2)C(=O)Nc2ncc(CN3CCS(=O)(=O)CC3)s2)cc1. The molecule has 0 bridgehead atoms. The standard InChI is InChI=1S/C24H33N5O7S3/c1-35-11-2-14-39(33,34)21-5-3-19(4-6-21)22(27-29-7-12-36-13-8-29)23(30)26-24-25-17-20(37-24)18-28-9-15-38(31,32)16-10-28/h3-6,17H,2,7-16,18H2,1H3,(H,25,26,30)/b27-22+. The lowest BCUT2D eigenvalue weighted by Crippen LogP contribution is -2.39. The minimum absolute atomic E-state index is 0.0327. The maximum Gasteiger partial charge on any atom is 0.278 e. The smallest absolute Gasteiger partial charge is 0.278 e. The van der Waals surface area contributed by atoms with Gasteiger partial charge in [-0.1, -0.05) is 12.1 Å². The van der Waals surface area contributed by atoms with Crippen molar-refractivity contribution in [2.45, 2.75) is 17.9 Å². The molecule has 214 valence electrons. The molecule has 1 amide bonds. The molecule has 3 heterocycles. The Hall–Kier alpha value is -2.43. The summed E-state index contributed by atoms with van der Waals surface area (Å²) in [5, 5.41) is 9.54. The Labute approximate surface area is 232 Å². The van der Waals surface area contributed by atoms with Crippen molar-refractivity contribution in [3.8, 4) is 0 Å². The number of thiazole rings is 1. The highest BCUT2D eigenvalue weighted by atomic mass is 32.2. The van der Waals surface area contributed by atoms with Crippen molar-refractivity contribution in [1.29, 1.82) is 0 Å². The van der Waals surface area contributed by atoms with E-state index in [0.29, 0.717) is 69.7 Å². The number of anilines is 1. The first-order valence-corrected chi connectivity index (χ1v) is 16.9. The molecule has 1 aromatic carbocycles. The number of sulfone groups is 2. The van der Waals surface area contributed by atoms with E-state index in [9.17, 15) is 21.6 Å². The second-order valence-electron chi connectivity index (χ2n) is 9.22. The number of hydrazone groups is 1. The van der Waals surface area contributed by atoms with Crippen molar-refractivity contribution in [2.75, 3.05) is 75.7 Å². The van der Waals surface area contributed by atoms with E-state index < -0.39 is 25.6 Å². The molecule has 0 spiro atoms. The van der Waals surface area contributed by atoms with E-state index in [2.05, 4.69) is 20.3 Å². The molecule has 0 aliphatic carbocycles. The summed E-state index contributed by atoms with van der Waals surface area (Å²) >= 11 is 1.32. The first kappa shape index (κ1) is 29.6. The van der Waals surface area contributed by atoms with Crippen molar-refractivity contribution < 1.29 is 31.1 Å². The Balaban J connectivity index is 1.48. The minimum atomic E-state index is -3.48. The van der Waals surface area contributed by atoms with Crippen LogP contribution in [0, 0.1) is 0 Å². The highest BCUT2D eigenvalue weighted by Crippen LogP contribution is 2.22. The fourth-order valence-electron chi connectivity index (χ4n) is 4.08. The molecule has 0 unspecified atom stereocenters. The van der Waals surface area contributed by atoms with Gasteiger partial charge >= 0.3 is 0 Å². The van der Waals surface area contributed by atoms with Crippen LogP contribution in [0.5, 0.6) is 0 Å². The maximum absolute atomic E-state index is 13.4. The van der Waals surface area contributed by atoms with Crippen molar-refractivity contribution in [3.63, 3.8) is 0 Å². The predicted molar refractivity (Wildman–Crippen MR) is 149 cm³/mol. The van der Waals surface area contributed by atoms with Gasteiger partial charge in [0.15, 0.2) is 30.5 Å². The fourth-order valence-corrected chi connectivity index (χ4v) is 7.50. The number of nitrogens with one attached hydrogen (secondary N) is 1. The third kappa shape index (κ3) is 8.53. The molecular weight excluding hydrogens is 566 g/mol. The molecule has 1 aromatic heterocycles. The summed E-state index contributed by atoms with van der Waals surface area (Å²) in [4.78, 5) is 20.8. The number of hydrogen-bond donors (Lipinski definition) is 1. The number of amides is 1. The molecule has 0 atom stereocenters. The monoisotopic (exact) mass is 599 g/mol. The Bertz CT molecular complexity index is 1350. The van der Waals surface area contributed by atoms with Crippen LogP contribution >= 0.6 is 11.3 Å². The molecule has 2 fully saturated rings. The Morgan fingerprint density at radius 2 is 1.85 bits per heavy atom. The lowest BCUT2D eigenvalue weighted by molar-refractivity contribution is -0.110. The molecule has 0 radical (unpaired) electrons. The van der Waals surface area contributed by atoms with Crippen LogP contribution in [-0.2, 0) is 40.5 Å². The van der Waals surface area contributed by atoms with Gasteiger partial charge in [-0.3, -0.25) is 20.0 Å². The molecule has 2 saturated heterocycles. The van der Waals surface area contributed by atoms with Gasteiger partial charge in [-0.2, -0.15) is 5.10 Å². The summed E-state index contributed by atoms with van der Waals surface area (Å²) in [6.45, 7) is 3.87. The van der Waals surface area contributed by atoms with Gasteiger partial charge in [-0.25, -0.2) is 21.8 Å². The summed E-state index contributed by atoms with van der Waals surface area (Å²) in [6, 6.07) is 6.14. The number of rotatable bonds is 11. The van der Waals surface area contributed by atoms with Gasteiger partial charge in [-0.05, 0) is 18.6 Å². The van der Waals surface area contributed by atoms with Crippen molar-refractivity contribution in [2.24, 2.45) is 5.10 Å². The molecule has 1 N–H and O–H groups in total. The quantitative estimate of drug-likeness (QED) is 0.291. The Morgan fingerprint density at radius 3 is 2.51 bits per heavy atom. The maximum atomic E-state index is 13.4. The summed E-state index contributed by atoms with van der Waals surface area (Å²) in [5.74, 6) is -0.217. The number of benzene rings is 1. The lowest BCUT2D eigenvalue weighted by atomic mass is 10.1. The predicted octanol–water partition coefficient (Wildman–Crippen LogP) is 0.859. The number of methoxy groups -OCH3 is 1. The van der Waals surface area contributed by atoms with Gasteiger partial charge in [0.1, 0.15) is 0 Å². The zero-order valence-corrected chi connectivity index (χ0v) is 24.2. The Kier molecular flexibility index (Phi) is 10.1. The number of carbonyl (C=O) groups is 1. The third-order valence-electron chi connectivity index (χ3n) is 6.28. The zero-order valence-electron chi connectivity index (χ0n) is 21.7. The minimum Gasteiger partial charge on any atom is -0.385 e. The summed E-state index contributed by atoms with van der Waals surface area (Å²) in [7, 11) is -4.91. The average Bonchev–Trinajstić information content (AvgIpc) is 3.35. The molecular formula is C24H33N5O7S3. The second-order valence-corrected chi connectivity index (χ2v) is 14.7. The topological polar surface area (TPSA) is 148 Å². The summed E-state index contributed by atoms with van der Waals surface area (Å²) in [6.07, 6.45) is 2.06. The van der Waals surface area contributed by atoms with Gasteiger partial charge in [0.25, 0.3) is 5.91 Å². The molecule has 12 nitrogen and oxygen atoms in total. The van der Waals surface area contributed by atoms with Crippen LogP contribution < -0.4 is 5.32 Å². The van der Waals surface area contributed by atoms with E-state index in [-0.39, 0.29) is 27.9 Å². The first-order chi connectivity index (χ1) is 18.6. The molecule has 39 heavy (non-hydrogen) atoms. The largest absolute Gasteiger partial charge is 0.385 e. The number of carbonyl (C=O) groups excluding carboxylic acids is 1. The number of morpholine rings is 1. The van der Waals surface area contributed by atoms with Crippen LogP contribution in [0.1, 0.15) is 16.9 Å².